The second kappa shape index (κ2) is 9.66. The fraction of sp³-hybridized carbons (Fsp3) is 0.391. The number of carbonyl (C=O) groups excluding carboxylic acids is 1. The number of nitrogens with zero attached hydrogens (tertiary/aromatic N) is 3. The molecular weight excluding hydrogens is 511 g/mol. The van der Waals surface area contributed by atoms with Gasteiger partial charge in [-0.3, -0.25) is 15.2 Å². The SMILES string of the molecule is CC1C(C(=O)NN2CCCCCC2)=NN(c2ccccc2Cl)C1c1ccc(I)cc1. The van der Waals surface area contributed by atoms with E-state index >= 15 is 0 Å². The first-order chi connectivity index (χ1) is 14.5. The zero-order valence-electron chi connectivity index (χ0n) is 17.0. The number of hydrazine groups is 1. The van der Waals surface area contributed by atoms with E-state index < -0.39 is 0 Å². The molecule has 2 aromatic rings. The standard InChI is InChI=1S/C23H26ClIN4O/c1-16-21(23(30)27-28-14-6-2-3-7-15-28)26-29(20-9-5-4-8-19(20)24)22(16)17-10-12-18(25)13-11-17/h4-5,8-13,16,22H,2-3,6-7,14-15H2,1H3,(H,27,30). The molecule has 158 valence electrons. The fourth-order valence-electron chi connectivity index (χ4n) is 4.20. The molecule has 7 heteroatoms. The molecule has 0 radical (unpaired) electrons. The molecule has 5 nitrogen and oxygen atoms in total. The van der Waals surface area contributed by atoms with Crippen LogP contribution in [0.3, 0.4) is 0 Å². The normalized spacial score (nSPS) is 22.5. The van der Waals surface area contributed by atoms with Crippen molar-refractivity contribution in [2.45, 2.75) is 38.6 Å². The molecule has 1 amide bonds. The number of rotatable bonds is 4. The van der Waals surface area contributed by atoms with Crippen molar-refractivity contribution in [3.05, 3.63) is 62.7 Å². The zero-order valence-corrected chi connectivity index (χ0v) is 19.9. The first kappa shape index (κ1) is 21.6. The van der Waals surface area contributed by atoms with Crippen molar-refractivity contribution in [2.75, 3.05) is 18.1 Å². The number of para-hydroxylation sites is 1. The van der Waals surface area contributed by atoms with E-state index in [0.29, 0.717) is 10.7 Å². The van der Waals surface area contributed by atoms with E-state index in [1.807, 2.05) is 34.3 Å². The maximum absolute atomic E-state index is 13.2. The summed E-state index contributed by atoms with van der Waals surface area (Å²) in [6.45, 7) is 3.85. The minimum atomic E-state index is -0.116. The van der Waals surface area contributed by atoms with E-state index in [2.05, 4.69) is 59.2 Å². The van der Waals surface area contributed by atoms with E-state index in [-0.39, 0.29) is 17.9 Å². The smallest absolute Gasteiger partial charge is 0.282 e. The van der Waals surface area contributed by atoms with Crippen LogP contribution in [-0.2, 0) is 4.79 Å². The monoisotopic (exact) mass is 536 g/mol. The van der Waals surface area contributed by atoms with Gasteiger partial charge in [-0.25, -0.2) is 5.01 Å². The third kappa shape index (κ3) is 4.65. The van der Waals surface area contributed by atoms with Crippen molar-refractivity contribution >= 4 is 51.5 Å². The van der Waals surface area contributed by atoms with Crippen LogP contribution >= 0.6 is 34.2 Å². The van der Waals surface area contributed by atoms with E-state index in [1.165, 1.54) is 16.4 Å². The van der Waals surface area contributed by atoms with Gasteiger partial charge in [0, 0.05) is 22.6 Å². The molecule has 0 saturated carbocycles. The lowest BCUT2D eigenvalue weighted by molar-refractivity contribution is -0.119. The summed E-state index contributed by atoms with van der Waals surface area (Å²) in [5.74, 6) is -0.192. The Morgan fingerprint density at radius 3 is 2.40 bits per heavy atom. The number of halogens is 2. The average molecular weight is 537 g/mol. The van der Waals surface area contributed by atoms with Crippen molar-refractivity contribution in [3.63, 3.8) is 0 Å². The lowest BCUT2D eigenvalue weighted by atomic mass is 9.91. The van der Waals surface area contributed by atoms with Gasteiger partial charge < -0.3 is 0 Å². The molecule has 1 fully saturated rings. The third-order valence-corrected chi connectivity index (χ3v) is 6.83. The highest BCUT2D eigenvalue weighted by Crippen LogP contribution is 2.41. The molecule has 0 bridgehead atoms. The van der Waals surface area contributed by atoms with Gasteiger partial charge in [0.1, 0.15) is 5.71 Å². The van der Waals surface area contributed by atoms with Gasteiger partial charge in [0.05, 0.1) is 16.8 Å². The minimum absolute atomic E-state index is 0.0756. The topological polar surface area (TPSA) is 47.9 Å². The van der Waals surface area contributed by atoms with Gasteiger partial charge in [-0.05, 0) is 65.3 Å². The highest BCUT2D eigenvalue weighted by atomic mass is 127. The molecule has 2 unspecified atom stereocenters. The minimum Gasteiger partial charge on any atom is -0.284 e. The first-order valence-electron chi connectivity index (χ1n) is 10.5. The lowest BCUT2D eigenvalue weighted by Crippen LogP contribution is -2.46. The van der Waals surface area contributed by atoms with Crippen LogP contribution in [0.2, 0.25) is 5.02 Å². The summed E-state index contributed by atoms with van der Waals surface area (Å²) >= 11 is 8.81. The second-order valence-corrected chi connectivity index (χ2v) is 9.56. The summed E-state index contributed by atoms with van der Waals surface area (Å²) in [6, 6.07) is 16.0. The molecule has 2 atom stereocenters. The molecule has 0 aliphatic carbocycles. The number of hydrogen-bond acceptors (Lipinski definition) is 4. The van der Waals surface area contributed by atoms with Crippen molar-refractivity contribution in [2.24, 2.45) is 11.0 Å². The van der Waals surface area contributed by atoms with E-state index in [0.717, 1.165) is 37.2 Å². The maximum Gasteiger partial charge on any atom is 0.282 e. The van der Waals surface area contributed by atoms with Gasteiger partial charge >= 0.3 is 0 Å². The van der Waals surface area contributed by atoms with Crippen LogP contribution in [0.25, 0.3) is 0 Å². The van der Waals surface area contributed by atoms with E-state index in [1.54, 1.807) is 0 Å². The Balaban J connectivity index is 1.65. The molecule has 1 saturated heterocycles. The lowest BCUT2D eigenvalue weighted by Gasteiger charge is -2.27. The van der Waals surface area contributed by atoms with Crippen LogP contribution in [0.5, 0.6) is 0 Å². The van der Waals surface area contributed by atoms with Gasteiger partial charge in [-0.1, -0.05) is 55.6 Å². The van der Waals surface area contributed by atoms with Crippen LogP contribution in [0.4, 0.5) is 5.69 Å². The summed E-state index contributed by atoms with van der Waals surface area (Å²) in [4.78, 5) is 13.2. The van der Waals surface area contributed by atoms with Crippen LogP contribution in [0.1, 0.15) is 44.2 Å². The largest absolute Gasteiger partial charge is 0.284 e. The average Bonchev–Trinajstić information content (AvgIpc) is 2.89. The van der Waals surface area contributed by atoms with Crippen molar-refractivity contribution in [1.29, 1.82) is 0 Å². The summed E-state index contributed by atoms with van der Waals surface area (Å²) in [7, 11) is 0. The molecule has 2 aliphatic heterocycles. The number of hydrazone groups is 1. The van der Waals surface area contributed by atoms with E-state index in [4.69, 9.17) is 16.7 Å². The molecule has 30 heavy (non-hydrogen) atoms. The van der Waals surface area contributed by atoms with Gasteiger partial charge in [-0.15, -0.1) is 0 Å². The number of carbonyl (C=O) groups is 1. The third-order valence-electron chi connectivity index (χ3n) is 5.79. The Labute approximate surface area is 196 Å². The summed E-state index contributed by atoms with van der Waals surface area (Å²) in [5, 5.41) is 9.37. The number of hydrogen-bond donors (Lipinski definition) is 1. The van der Waals surface area contributed by atoms with Gasteiger partial charge in [-0.2, -0.15) is 5.10 Å². The number of benzene rings is 2. The Hall–Kier alpha value is -1.64. The summed E-state index contributed by atoms with van der Waals surface area (Å²) < 4.78 is 1.17. The van der Waals surface area contributed by atoms with Crippen LogP contribution in [0.15, 0.2) is 53.6 Å². The number of amides is 1. The fourth-order valence-corrected chi connectivity index (χ4v) is 4.78. The summed E-state index contributed by atoms with van der Waals surface area (Å²) in [5.41, 5.74) is 5.57. The van der Waals surface area contributed by atoms with Crippen LogP contribution in [-0.4, -0.2) is 29.7 Å². The van der Waals surface area contributed by atoms with Crippen molar-refractivity contribution in [3.8, 4) is 0 Å². The zero-order chi connectivity index (χ0) is 21.1. The van der Waals surface area contributed by atoms with Crippen molar-refractivity contribution < 1.29 is 4.79 Å². The summed E-state index contributed by atoms with van der Waals surface area (Å²) in [6.07, 6.45) is 4.66. The second-order valence-electron chi connectivity index (χ2n) is 7.91. The van der Waals surface area contributed by atoms with Gasteiger partial charge in [0.25, 0.3) is 5.91 Å². The van der Waals surface area contributed by atoms with Crippen LogP contribution < -0.4 is 10.4 Å². The van der Waals surface area contributed by atoms with E-state index in [9.17, 15) is 4.79 Å². The molecule has 2 aliphatic rings. The Kier molecular flexibility index (Phi) is 6.95. The molecule has 2 heterocycles. The molecule has 1 N–H and O–H groups in total. The Morgan fingerprint density at radius 2 is 1.73 bits per heavy atom. The number of anilines is 1. The number of nitrogens with one attached hydrogen (secondary N) is 1. The Bertz CT molecular complexity index is 925. The predicted molar refractivity (Wildman–Crippen MR) is 131 cm³/mol. The molecule has 4 rings (SSSR count). The molecule has 0 aromatic heterocycles. The van der Waals surface area contributed by atoms with Crippen molar-refractivity contribution in [1.82, 2.24) is 10.4 Å². The molecule has 2 aromatic carbocycles. The van der Waals surface area contributed by atoms with Gasteiger partial charge in [0.15, 0.2) is 0 Å². The molecule has 0 spiro atoms. The molecular formula is C23H26ClIN4O. The highest BCUT2D eigenvalue weighted by Gasteiger charge is 2.40. The Morgan fingerprint density at radius 1 is 1.07 bits per heavy atom. The van der Waals surface area contributed by atoms with Gasteiger partial charge in [0.2, 0.25) is 0 Å². The highest BCUT2D eigenvalue weighted by molar-refractivity contribution is 14.1. The maximum atomic E-state index is 13.2. The van der Waals surface area contributed by atoms with Crippen LogP contribution in [0, 0.1) is 9.49 Å². The predicted octanol–water partition coefficient (Wildman–Crippen LogP) is 5.41. The quantitative estimate of drug-likeness (QED) is 0.532. The first-order valence-corrected chi connectivity index (χ1v) is 11.9.